The van der Waals surface area contributed by atoms with Gasteiger partial charge in [0.15, 0.2) is 0 Å². The van der Waals surface area contributed by atoms with E-state index >= 15 is 0 Å². The third-order valence-corrected chi connectivity index (χ3v) is 9.00. The fourth-order valence-electron chi connectivity index (χ4n) is 7.00. The highest BCUT2D eigenvalue weighted by Gasteiger charge is 2.50. The minimum absolute atomic E-state index is 0.121. The highest BCUT2D eigenvalue weighted by Crippen LogP contribution is 2.52. The molecule has 1 unspecified atom stereocenters. The normalized spacial score (nSPS) is 22.8. The SMILES string of the molecule is O=C1c2ccccc2CN1C1CCN(C/C=C\CC2(C(=O)NCC(F)(F)F)C3=C(C=CCC3)c3ccccc32)CC1. The van der Waals surface area contributed by atoms with Gasteiger partial charge in [0.2, 0.25) is 5.91 Å². The maximum atomic E-state index is 13.7. The van der Waals surface area contributed by atoms with Crippen LogP contribution in [0.2, 0.25) is 0 Å². The topological polar surface area (TPSA) is 52.7 Å². The molecule has 214 valence electrons. The zero-order chi connectivity index (χ0) is 28.6. The first-order chi connectivity index (χ1) is 19.8. The summed E-state index contributed by atoms with van der Waals surface area (Å²) in [5.74, 6) is -0.472. The monoisotopic (exact) mass is 561 g/mol. The van der Waals surface area contributed by atoms with Crippen molar-refractivity contribution in [1.82, 2.24) is 15.1 Å². The van der Waals surface area contributed by atoms with Crippen LogP contribution in [0.25, 0.3) is 5.57 Å². The molecule has 0 radical (unpaired) electrons. The number of nitrogens with one attached hydrogen (secondary N) is 1. The van der Waals surface area contributed by atoms with E-state index in [1.54, 1.807) is 0 Å². The molecule has 1 fully saturated rings. The molecular formula is C33H34F3N3O2. The lowest BCUT2D eigenvalue weighted by Gasteiger charge is -2.36. The molecule has 1 saturated heterocycles. The van der Waals surface area contributed by atoms with Gasteiger partial charge in [0, 0.05) is 37.8 Å². The maximum Gasteiger partial charge on any atom is 0.405 e. The highest BCUT2D eigenvalue weighted by atomic mass is 19.4. The van der Waals surface area contributed by atoms with Crippen LogP contribution in [-0.2, 0) is 16.8 Å². The van der Waals surface area contributed by atoms with E-state index in [-0.39, 0.29) is 11.9 Å². The number of carbonyl (C=O) groups excluding carboxylic acids is 2. The smallest absolute Gasteiger partial charge is 0.346 e. The highest BCUT2D eigenvalue weighted by molar-refractivity contribution is 6.02. The maximum absolute atomic E-state index is 13.7. The Morgan fingerprint density at radius 3 is 2.51 bits per heavy atom. The number of alkyl halides is 3. The molecule has 1 N–H and O–H groups in total. The van der Waals surface area contributed by atoms with Crippen molar-refractivity contribution < 1.29 is 22.8 Å². The molecule has 2 amide bonds. The first-order valence-electron chi connectivity index (χ1n) is 14.4. The summed E-state index contributed by atoms with van der Waals surface area (Å²) in [5, 5.41) is 2.21. The number of likely N-dealkylation sites (tertiary alicyclic amines) is 1. The Kier molecular flexibility index (Phi) is 7.36. The van der Waals surface area contributed by atoms with E-state index in [9.17, 15) is 22.8 Å². The fourth-order valence-corrected chi connectivity index (χ4v) is 7.00. The van der Waals surface area contributed by atoms with Crippen molar-refractivity contribution in [1.29, 1.82) is 0 Å². The summed E-state index contributed by atoms with van der Waals surface area (Å²) in [6.07, 6.45) is 7.08. The second-order valence-corrected chi connectivity index (χ2v) is 11.4. The lowest BCUT2D eigenvalue weighted by molar-refractivity contribution is -0.141. The van der Waals surface area contributed by atoms with E-state index in [2.05, 4.69) is 16.3 Å². The average Bonchev–Trinajstić information content (AvgIpc) is 3.47. The third-order valence-electron chi connectivity index (χ3n) is 9.00. The van der Waals surface area contributed by atoms with Crippen LogP contribution < -0.4 is 5.32 Å². The molecule has 2 aromatic carbocycles. The summed E-state index contributed by atoms with van der Waals surface area (Å²) in [5.41, 5.74) is 4.32. The molecule has 4 aliphatic rings. The van der Waals surface area contributed by atoms with Gasteiger partial charge >= 0.3 is 6.18 Å². The molecule has 8 heteroatoms. The first kappa shape index (κ1) is 27.5. The minimum atomic E-state index is -4.48. The Balaban J connectivity index is 1.14. The predicted molar refractivity (Wildman–Crippen MR) is 152 cm³/mol. The van der Waals surface area contributed by atoms with Gasteiger partial charge in [-0.05, 0) is 66.0 Å². The molecule has 2 heterocycles. The van der Waals surface area contributed by atoms with Gasteiger partial charge in [0.1, 0.15) is 6.54 Å². The van der Waals surface area contributed by atoms with E-state index in [1.807, 2.05) is 71.7 Å². The molecule has 0 spiro atoms. The lowest BCUT2D eigenvalue weighted by atomic mass is 9.71. The summed E-state index contributed by atoms with van der Waals surface area (Å²) in [6.45, 7) is 1.73. The largest absolute Gasteiger partial charge is 0.405 e. The molecule has 1 atom stereocenters. The Bertz CT molecular complexity index is 1440. The quantitative estimate of drug-likeness (QED) is 0.436. The van der Waals surface area contributed by atoms with Gasteiger partial charge in [0.05, 0.1) is 5.41 Å². The number of piperidine rings is 1. The van der Waals surface area contributed by atoms with Crippen LogP contribution in [0.15, 0.2) is 78.4 Å². The standard InChI is InChI=1S/C33H34F3N3O2/c34-33(35,36)22-37-31(41)32(28-13-5-3-11-26(28)27-12-4-6-14-29(27)32)17-7-8-18-38-19-15-24(16-20-38)39-21-23-9-1-2-10-25(23)30(39)40/h1-5,7-13,24H,6,14-22H2,(H,37,41)/b8-7-. The predicted octanol–water partition coefficient (Wildman–Crippen LogP) is 5.79. The first-order valence-corrected chi connectivity index (χ1v) is 14.4. The number of allylic oxidation sites excluding steroid dienone is 4. The van der Waals surface area contributed by atoms with Gasteiger partial charge in [-0.1, -0.05) is 66.8 Å². The van der Waals surface area contributed by atoms with Crippen molar-refractivity contribution in [2.75, 3.05) is 26.2 Å². The van der Waals surface area contributed by atoms with Crippen molar-refractivity contribution in [2.24, 2.45) is 0 Å². The van der Waals surface area contributed by atoms with Crippen LogP contribution in [0, 0.1) is 0 Å². The van der Waals surface area contributed by atoms with Gasteiger partial charge in [-0.25, -0.2) is 0 Å². The van der Waals surface area contributed by atoms with Gasteiger partial charge in [-0.15, -0.1) is 0 Å². The van der Waals surface area contributed by atoms with Crippen molar-refractivity contribution in [3.63, 3.8) is 0 Å². The van der Waals surface area contributed by atoms with Crippen LogP contribution >= 0.6 is 0 Å². The molecule has 0 aromatic heterocycles. The Morgan fingerprint density at radius 2 is 1.76 bits per heavy atom. The summed E-state index contributed by atoms with van der Waals surface area (Å²) < 4.78 is 39.3. The molecule has 2 aliphatic heterocycles. The fraction of sp³-hybridized carbons (Fsp3) is 0.394. The second-order valence-electron chi connectivity index (χ2n) is 11.4. The molecular weight excluding hydrogens is 527 g/mol. The van der Waals surface area contributed by atoms with E-state index < -0.39 is 24.0 Å². The number of carbonyl (C=O) groups is 2. The van der Waals surface area contributed by atoms with Gasteiger partial charge in [0.25, 0.3) is 5.91 Å². The van der Waals surface area contributed by atoms with Crippen LogP contribution in [0.5, 0.6) is 0 Å². The van der Waals surface area contributed by atoms with Crippen LogP contribution in [0.4, 0.5) is 13.2 Å². The number of rotatable bonds is 7. The van der Waals surface area contributed by atoms with E-state index in [0.29, 0.717) is 25.9 Å². The van der Waals surface area contributed by atoms with Crippen LogP contribution in [0.1, 0.15) is 59.2 Å². The Morgan fingerprint density at radius 1 is 1.02 bits per heavy atom. The minimum Gasteiger partial charge on any atom is -0.346 e. The van der Waals surface area contributed by atoms with Gasteiger partial charge in [-0.2, -0.15) is 13.2 Å². The van der Waals surface area contributed by atoms with E-state index in [4.69, 9.17) is 0 Å². The molecule has 2 aromatic rings. The molecule has 41 heavy (non-hydrogen) atoms. The number of hydrogen-bond donors (Lipinski definition) is 1. The van der Waals surface area contributed by atoms with Crippen LogP contribution in [0.3, 0.4) is 0 Å². The third kappa shape index (κ3) is 5.14. The average molecular weight is 562 g/mol. The van der Waals surface area contributed by atoms with Crippen molar-refractivity contribution in [2.45, 2.75) is 56.3 Å². The molecule has 6 rings (SSSR count). The summed E-state index contributed by atoms with van der Waals surface area (Å²) in [4.78, 5) is 30.9. The van der Waals surface area contributed by atoms with Crippen molar-refractivity contribution >= 4 is 17.4 Å². The summed E-state index contributed by atoms with van der Waals surface area (Å²) >= 11 is 0. The number of benzene rings is 2. The van der Waals surface area contributed by atoms with Gasteiger partial charge in [-0.3, -0.25) is 14.5 Å². The summed E-state index contributed by atoms with van der Waals surface area (Å²) in [6, 6.07) is 15.6. The van der Waals surface area contributed by atoms with Crippen LogP contribution in [-0.4, -0.2) is 60.0 Å². The number of hydrogen-bond acceptors (Lipinski definition) is 3. The number of halogens is 3. The molecule has 0 saturated carbocycles. The second kappa shape index (κ2) is 11.0. The van der Waals surface area contributed by atoms with Crippen molar-refractivity contribution in [3.05, 3.63) is 101 Å². The number of amides is 2. The number of nitrogens with zero attached hydrogens (tertiary/aromatic N) is 2. The molecule has 5 nitrogen and oxygen atoms in total. The summed E-state index contributed by atoms with van der Waals surface area (Å²) in [7, 11) is 0. The van der Waals surface area contributed by atoms with E-state index in [0.717, 1.165) is 65.8 Å². The Labute approximate surface area is 238 Å². The lowest BCUT2D eigenvalue weighted by Crippen LogP contribution is -2.47. The molecule has 0 bridgehead atoms. The molecule has 2 aliphatic carbocycles. The zero-order valence-electron chi connectivity index (χ0n) is 22.9. The van der Waals surface area contributed by atoms with Gasteiger partial charge < -0.3 is 10.2 Å². The zero-order valence-corrected chi connectivity index (χ0v) is 22.9. The van der Waals surface area contributed by atoms with Crippen molar-refractivity contribution in [3.8, 4) is 0 Å². The number of fused-ring (bicyclic) bond motifs is 3. The Hall–Kier alpha value is -3.65. The van der Waals surface area contributed by atoms with E-state index in [1.165, 1.54) is 0 Å².